The molecule has 5 heteroatoms. The molecule has 0 aliphatic carbocycles. The Hall–Kier alpha value is -3.15. The summed E-state index contributed by atoms with van der Waals surface area (Å²) in [6.45, 7) is 1.97. The molecule has 3 aromatic rings. The van der Waals surface area contributed by atoms with Gasteiger partial charge in [-0.25, -0.2) is 4.79 Å². The third-order valence-electron chi connectivity index (χ3n) is 4.65. The van der Waals surface area contributed by atoms with E-state index in [1.807, 2.05) is 56.3 Å². The van der Waals surface area contributed by atoms with Crippen molar-refractivity contribution in [3.63, 3.8) is 0 Å². The van der Waals surface area contributed by atoms with Crippen molar-refractivity contribution in [3.8, 4) is 11.5 Å². The number of nitrogens with zero attached hydrogens (tertiary/aromatic N) is 1. The Kier molecular flexibility index (Phi) is 6.65. The second-order valence-electron chi connectivity index (χ2n) is 6.98. The molecule has 0 radical (unpaired) electrons. The van der Waals surface area contributed by atoms with Crippen molar-refractivity contribution >= 4 is 5.97 Å². The minimum atomic E-state index is -0.783. The molecule has 0 saturated carbocycles. The van der Waals surface area contributed by atoms with Crippen molar-refractivity contribution in [1.82, 2.24) is 4.90 Å². The van der Waals surface area contributed by atoms with E-state index in [9.17, 15) is 9.90 Å². The van der Waals surface area contributed by atoms with E-state index in [0.717, 1.165) is 11.3 Å². The van der Waals surface area contributed by atoms with Crippen molar-refractivity contribution < 1.29 is 19.4 Å². The van der Waals surface area contributed by atoms with Gasteiger partial charge in [-0.2, -0.15) is 0 Å². The highest BCUT2D eigenvalue weighted by Gasteiger charge is 2.13. The van der Waals surface area contributed by atoms with Crippen LogP contribution in [-0.2, 0) is 0 Å². The number of esters is 1. The van der Waals surface area contributed by atoms with Crippen LogP contribution < -0.4 is 9.47 Å². The number of benzene rings is 3. The first-order valence-corrected chi connectivity index (χ1v) is 9.42. The van der Waals surface area contributed by atoms with Crippen LogP contribution in [0.15, 0.2) is 78.9 Å². The van der Waals surface area contributed by atoms with Crippen molar-refractivity contribution in [3.05, 3.63) is 95.6 Å². The molecule has 3 aromatic carbocycles. The SMILES string of the molecule is CC(Oc1ccc(C(O)c2ccc(OC(=O)c3ccccc3)cc2)cc1)N(C)C. The Morgan fingerprint density at radius 3 is 1.86 bits per heavy atom. The maximum Gasteiger partial charge on any atom is 0.343 e. The first-order valence-electron chi connectivity index (χ1n) is 9.42. The monoisotopic (exact) mass is 391 g/mol. The van der Waals surface area contributed by atoms with Crippen LogP contribution in [0.3, 0.4) is 0 Å². The van der Waals surface area contributed by atoms with Gasteiger partial charge in [0, 0.05) is 0 Å². The quantitative estimate of drug-likeness (QED) is 0.370. The molecule has 2 unspecified atom stereocenters. The summed E-state index contributed by atoms with van der Waals surface area (Å²) < 4.78 is 11.2. The number of carbonyl (C=O) groups excluding carboxylic acids is 1. The van der Waals surface area contributed by atoms with Crippen LogP contribution in [0.5, 0.6) is 11.5 Å². The van der Waals surface area contributed by atoms with Gasteiger partial charge in [-0.1, -0.05) is 42.5 Å². The molecule has 5 nitrogen and oxygen atoms in total. The second-order valence-corrected chi connectivity index (χ2v) is 6.98. The predicted molar refractivity (Wildman–Crippen MR) is 112 cm³/mol. The van der Waals surface area contributed by atoms with Gasteiger partial charge in [0.1, 0.15) is 23.8 Å². The highest BCUT2D eigenvalue weighted by molar-refractivity contribution is 5.90. The van der Waals surface area contributed by atoms with Crippen LogP contribution in [0, 0.1) is 0 Å². The molecule has 0 amide bonds. The Morgan fingerprint density at radius 1 is 0.828 bits per heavy atom. The number of carbonyl (C=O) groups is 1. The normalized spacial score (nSPS) is 13.0. The molecule has 1 N–H and O–H groups in total. The summed E-state index contributed by atoms with van der Waals surface area (Å²) in [4.78, 5) is 14.1. The highest BCUT2D eigenvalue weighted by atomic mass is 16.5. The Morgan fingerprint density at radius 2 is 1.34 bits per heavy atom. The highest BCUT2D eigenvalue weighted by Crippen LogP contribution is 2.26. The Labute approximate surface area is 171 Å². The summed E-state index contributed by atoms with van der Waals surface area (Å²) in [7, 11) is 3.90. The Balaban J connectivity index is 1.64. The van der Waals surface area contributed by atoms with Crippen LogP contribution in [0.1, 0.15) is 34.5 Å². The number of aliphatic hydroxyl groups excluding tert-OH is 1. The molecule has 2 atom stereocenters. The van der Waals surface area contributed by atoms with Gasteiger partial charge in [-0.05, 0) is 68.5 Å². The first-order chi connectivity index (χ1) is 13.9. The van der Waals surface area contributed by atoms with Crippen molar-refractivity contribution in [2.75, 3.05) is 14.1 Å². The zero-order valence-electron chi connectivity index (χ0n) is 16.8. The molecule has 0 saturated heterocycles. The largest absolute Gasteiger partial charge is 0.475 e. The Bertz CT molecular complexity index is 921. The summed E-state index contributed by atoms with van der Waals surface area (Å²) >= 11 is 0. The third kappa shape index (κ3) is 5.44. The molecule has 0 heterocycles. The van der Waals surface area contributed by atoms with Crippen molar-refractivity contribution in [2.24, 2.45) is 0 Å². The van der Waals surface area contributed by atoms with E-state index in [2.05, 4.69) is 0 Å². The molecule has 3 rings (SSSR count). The lowest BCUT2D eigenvalue weighted by Crippen LogP contribution is -2.30. The smallest absolute Gasteiger partial charge is 0.343 e. The molecular weight excluding hydrogens is 366 g/mol. The maximum atomic E-state index is 12.1. The van der Waals surface area contributed by atoms with Crippen LogP contribution >= 0.6 is 0 Å². The van der Waals surface area contributed by atoms with Gasteiger partial charge < -0.3 is 14.6 Å². The van der Waals surface area contributed by atoms with Crippen LogP contribution in [-0.4, -0.2) is 36.3 Å². The fraction of sp³-hybridized carbons (Fsp3) is 0.208. The van der Waals surface area contributed by atoms with Crippen LogP contribution in [0.25, 0.3) is 0 Å². The standard InChI is InChI=1S/C24H25NO4/c1-17(25(2)3)28-21-13-9-18(10-14-21)23(26)19-11-15-22(16-12-19)29-24(27)20-7-5-4-6-8-20/h4-17,23,26H,1-3H3. The fourth-order valence-corrected chi connectivity index (χ4v) is 2.68. The number of aliphatic hydroxyl groups is 1. The lowest BCUT2D eigenvalue weighted by Gasteiger charge is -2.21. The van der Waals surface area contributed by atoms with E-state index < -0.39 is 12.1 Å². The van der Waals surface area contributed by atoms with Gasteiger partial charge in [0.05, 0.1) is 5.56 Å². The van der Waals surface area contributed by atoms with Crippen LogP contribution in [0.2, 0.25) is 0 Å². The van der Waals surface area contributed by atoms with Gasteiger partial charge in [-0.15, -0.1) is 0 Å². The summed E-state index contributed by atoms with van der Waals surface area (Å²) in [6.07, 6.45) is -0.828. The second kappa shape index (κ2) is 9.37. The lowest BCUT2D eigenvalue weighted by atomic mass is 10.0. The van der Waals surface area contributed by atoms with Crippen molar-refractivity contribution in [1.29, 1.82) is 0 Å². The zero-order chi connectivity index (χ0) is 20.8. The summed E-state index contributed by atoms with van der Waals surface area (Å²) in [6, 6.07) is 23.0. The summed E-state index contributed by atoms with van der Waals surface area (Å²) in [5, 5.41) is 10.6. The third-order valence-corrected chi connectivity index (χ3v) is 4.65. The van der Waals surface area contributed by atoms with E-state index in [1.165, 1.54) is 0 Å². The van der Waals surface area contributed by atoms with Gasteiger partial charge in [0.15, 0.2) is 0 Å². The van der Waals surface area contributed by atoms with E-state index >= 15 is 0 Å². The topological polar surface area (TPSA) is 59.0 Å². The van der Waals surface area contributed by atoms with Gasteiger partial charge in [-0.3, -0.25) is 4.90 Å². The number of hydrogen-bond donors (Lipinski definition) is 1. The first kappa shape index (κ1) is 20.6. The predicted octanol–water partition coefficient (Wildman–Crippen LogP) is 4.27. The number of hydrogen-bond acceptors (Lipinski definition) is 5. The van der Waals surface area contributed by atoms with Gasteiger partial charge in [0.2, 0.25) is 0 Å². The van der Waals surface area contributed by atoms with E-state index in [1.54, 1.807) is 48.5 Å². The fourth-order valence-electron chi connectivity index (χ4n) is 2.68. The minimum Gasteiger partial charge on any atom is -0.475 e. The molecule has 0 fully saturated rings. The average molecular weight is 391 g/mol. The van der Waals surface area contributed by atoms with Crippen molar-refractivity contribution in [2.45, 2.75) is 19.3 Å². The molecule has 0 bridgehead atoms. The average Bonchev–Trinajstić information content (AvgIpc) is 2.75. The zero-order valence-corrected chi connectivity index (χ0v) is 16.8. The van der Waals surface area contributed by atoms with E-state index in [4.69, 9.17) is 9.47 Å². The van der Waals surface area contributed by atoms with Gasteiger partial charge >= 0.3 is 5.97 Å². The lowest BCUT2D eigenvalue weighted by molar-refractivity contribution is 0.0734. The van der Waals surface area contributed by atoms with Gasteiger partial charge in [0.25, 0.3) is 0 Å². The molecule has 0 spiro atoms. The molecule has 0 aliphatic rings. The van der Waals surface area contributed by atoms with Crippen LogP contribution in [0.4, 0.5) is 0 Å². The molecular formula is C24H25NO4. The van der Waals surface area contributed by atoms with E-state index in [0.29, 0.717) is 16.9 Å². The molecule has 29 heavy (non-hydrogen) atoms. The molecule has 150 valence electrons. The number of rotatable bonds is 7. The molecule has 0 aliphatic heterocycles. The summed E-state index contributed by atoms with van der Waals surface area (Å²) in [5.74, 6) is 0.753. The summed E-state index contributed by atoms with van der Waals surface area (Å²) in [5.41, 5.74) is 1.95. The molecule has 0 aromatic heterocycles. The maximum absolute atomic E-state index is 12.1. The van der Waals surface area contributed by atoms with E-state index in [-0.39, 0.29) is 6.23 Å². The number of ether oxygens (including phenoxy) is 2. The minimum absolute atomic E-state index is 0.0445.